The van der Waals surface area contributed by atoms with E-state index in [1.807, 2.05) is 0 Å². The van der Waals surface area contributed by atoms with Crippen LogP contribution in [0.1, 0.15) is 41.6 Å². The fraction of sp³-hybridized carbons (Fsp3) is 0.350. The van der Waals surface area contributed by atoms with E-state index in [-0.39, 0.29) is 17.9 Å². The van der Waals surface area contributed by atoms with E-state index in [1.165, 1.54) is 12.4 Å². The Bertz CT molecular complexity index is 1180. The minimum atomic E-state index is -3.44. The van der Waals surface area contributed by atoms with Crippen molar-refractivity contribution in [1.82, 2.24) is 15.0 Å². The van der Waals surface area contributed by atoms with Gasteiger partial charge in [0, 0.05) is 29.5 Å². The van der Waals surface area contributed by atoms with Crippen LogP contribution in [0, 0.1) is 0 Å². The Morgan fingerprint density at radius 1 is 1.20 bits per heavy atom. The van der Waals surface area contributed by atoms with E-state index in [0.29, 0.717) is 33.7 Å². The second kappa shape index (κ2) is 8.04. The number of H-pyrrole nitrogens is 1. The molecule has 0 atom stereocenters. The maximum Gasteiger partial charge on any atom is 0.229 e. The minimum Gasteiger partial charge on any atom is -0.367 e. The van der Waals surface area contributed by atoms with Crippen LogP contribution in [0.5, 0.6) is 0 Å². The smallest absolute Gasteiger partial charge is 0.229 e. The molecular formula is C20H24N6O3S. The number of ketones is 1. The highest BCUT2D eigenvalue weighted by molar-refractivity contribution is 7.92. The normalized spacial score (nSPS) is 19.5. The number of nitrogens with two attached hydrogens (primary N) is 1. The summed E-state index contributed by atoms with van der Waals surface area (Å²) < 4.78 is 25.4. The number of sulfonamides is 1. The van der Waals surface area contributed by atoms with Gasteiger partial charge in [-0.05, 0) is 37.8 Å². The van der Waals surface area contributed by atoms with Gasteiger partial charge in [0.1, 0.15) is 17.8 Å². The van der Waals surface area contributed by atoms with Crippen molar-refractivity contribution < 1.29 is 13.2 Å². The molecule has 158 valence electrons. The van der Waals surface area contributed by atoms with Crippen molar-refractivity contribution in [1.29, 1.82) is 0 Å². The summed E-state index contributed by atoms with van der Waals surface area (Å²) in [5, 5.41) is 4.07. The van der Waals surface area contributed by atoms with Crippen molar-refractivity contribution in [3.63, 3.8) is 0 Å². The standard InChI is InChI=1S/C20H24N6O3S/c1-30(28,29)26-15-4-2-3-12(9-15)18(27)16-10-22-19-17(16)20(24-11-23-19)25-14-7-5-13(21)6-8-14/h2-4,9-11,13-14,26H,5-8,21H2,1H3,(H2,22,23,24,25)/t13-,14+. The second-order valence-corrected chi connectivity index (χ2v) is 9.44. The number of hydrogen-bond donors (Lipinski definition) is 4. The Balaban J connectivity index is 1.66. The average molecular weight is 429 g/mol. The summed E-state index contributed by atoms with van der Waals surface area (Å²) in [5.74, 6) is 0.359. The van der Waals surface area contributed by atoms with Gasteiger partial charge in [0.2, 0.25) is 10.0 Å². The molecule has 0 unspecified atom stereocenters. The molecule has 1 saturated carbocycles. The van der Waals surface area contributed by atoms with Gasteiger partial charge >= 0.3 is 0 Å². The highest BCUT2D eigenvalue weighted by Crippen LogP contribution is 2.29. The summed E-state index contributed by atoms with van der Waals surface area (Å²) in [6.07, 6.45) is 7.92. The number of aromatic nitrogens is 3. The van der Waals surface area contributed by atoms with Gasteiger partial charge in [-0.2, -0.15) is 0 Å². The van der Waals surface area contributed by atoms with Gasteiger partial charge < -0.3 is 16.0 Å². The van der Waals surface area contributed by atoms with E-state index in [4.69, 9.17) is 5.73 Å². The Morgan fingerprint density at radius 3 is 2.70 bits per heavy atom. The van der Waals surface area contributed by atoms with Gasteiger partial charge in [0.15, 0.2) is 5.78 Å². The quantitative estimate of drug-likeness (QED) is 0.441. The van der Waals surface area contributed by atoms with E-state index < -0.39 is 10.0 Å². The van der Waals surface area contributed by atoms with Gasteiger partial charge in [-0.3, -0.25) is 9.52 Å². The molecule has 1 fully saturated rings. The molecule has 3 aromatic rings. The topological polar surface area (TPSA) is 143 Å². The van der Waals surface area contributed by atoms with E-state index in [2.05, 4.69) is 25.0 Å². The lowest BCUT2D eigenvalue weighted by molar-refractivity contribution is 0.104. The molecule has 2 heterocycles. The molecule has 0 radical (unpaired) electrons. The number of nitrogens with zero attached hydrogens (tertiary/aromatic N) is 2. The Morgan fingerprint density at radius 2 is 1.97 bits per heavy atom. The predicted octanol–water partition coefficient (Wildman–Crippen LogP) is 2.24. The number of carbonyl (C=O) groups excluding carboxylic acids is 1. The molecule has 0 amide bonds. The second-order valence-electron chi connectivity index (χ2n) is 7.69. The van der Waals surface area contributed by atoms with E-state index in [0.717, 1.165) is 31.9 Å². The van der Waals surface area contributed by atoms with Crippen LogP contribution in [-0.4, -0.2) is 47.5 Å². The first kappa shape index (κ1) is 20.3. The lowest BCUT2D eigenvalue weighted by Gasteiger charge is -2.27. The van der Waals surface area contributed by atoms with Gasteiger partial charge in [-0.25, -0.2) is 18.4 Å². The zero-order chi connectivity index (χ0) is 21.3. The van der Waals surface area contributed by atoms with Crippen molar-refractivity contribution >= 4 is 38.3 Å². The van der Waals surface area contributed by atoms with Crippen LogP contribution in [0.4, 0.5) is 11.5 Å². The van der Waals surface area contributed by atoms with E-state index in [9.17, 15) is 13.2 Å². The van der Waals surface area contributed by atoms with Crippen molar-refractivity contribution in [2.75, 3.05) is 16.3 Å². The van der Waals surface area contributed by atoms with Crippen LogP contribution >= 0.6 is 0 Å². The zero-order valence-electron chi connectivity index (χ0n) is 16.6. The number of hydrogen-bond acceptors (Lipinski definition) is 7. The molecule has 10 heteroatoms. The third kappa shape index (κ3) is 4.44. The van der Waals surface area contributed by atoms with Gasteiger partial charge in [-0.15, -0.1) is 0 Å². The molecule has 0 aliphatic heterocycles. The summed E-state index contributed by atoms with van der Waals surface area (Å²) in [5.41, 5.74) is 7.68. The van der Waals surface area contributed by atoms with Crippen molar-refractivity contribution in [3.8, 4) is 0 Å². The van der Waals surface area contributed by atoms with E-state index in [1.54, 1.807) is 24.4 Å². The zero-order valence-corrected chi connectivity index (χ0v) is 17.4. The average Bonchev–Trinajstić information content (AvgIpc) is 3.13. The summed E-state index contributed by atoms with van der Waals surface area (Å²) in [6, 6.07) is 6.87. The molecule has 1 aliphatic rings. The highest BCUT2D eigenvalue weighted by atomic mass is 32.2. The molecule has 4 rings (SSSR count). The number of anilines is 2. The predicted molar refractivity (Wildman–Crippen MR) is 116 cm³/mol. The molecule has 5 N–H and O–H groups in total. The first-order chi connectivity index (χ1) is 14.3. The number of aromatic amines is 1. The van der Waals surface area contributed by atoms with Gasteiger partial charge in [0.25, 0.3) is 0 Å². The SMILES string of the molecule is CS(=O)(=O)Nc1cccc(C(=O)c2c[nH]c3ncnc(N[C@H]4CC[C@@H](N)CC4)c23)c1. The Labute approximate surface area is 174 Å². The number of rotatable bonds is 6. The maximum absolute atomic E-state index is 13.2. The molecule has 2 aromatic heterocycles. The monoisotopic (exact) mass is 428 g/mol. The number of fused-ring (bicyclic) bond motifs is 1. The fourth-order valence-corrected chi connectivity index (χ4v) is 4.36. The summed E-state index contributed by atoms with van der Waals surface area (Å²) in [6.45, 7) is 0. The molecule has 9 nitrogen and oxygen atoms in total. The third-order valence-corrected chi connectivity index (χ3v) is 5.86. The van der Waals surface area contributed by atoms with Crippen LogP contribution in [0.25, 0.3) is 11.0 Å². The summed E-state index contributed by atoms with van der Waals surface area (Å²) in [4.78, 5) is 24.9. The third-order valence-electron chi connectivity index (χ3n) is 5.26. The summed E-state index contributed by atoms with van der Waals surface area (Å²) in [7, 11) is -3.44. The molecule has 30 heavy (non-hydrogen) atoms. The fourth-order valence-electron chi connectivity index (χ4n) is 3.80. The van der Waals surface area contributed by atoms with Gasteiger partial charge in [-0.1, -0.05) is 12.1 Å². The molecule has 0 bridgehead atoms. The molecular weight excluding hydrogens is 404 g/mol. The summed E-state index contributed by atoms with van der Waals surface area (Å²) >= 11 is 0. The lowest BCUT2D eigenvalue weighted by Crippen LogP contribution is -2.33. The van der Waals surface area contributed by atoms with E-state index >= 15 is 0 Å². The number of benzene rings is 1. The van der Waals surface area contributed by atoms with Crippen LogP contribution in [0.15, 0.2) is 36.8 Å². The lowest BCUT2D eigenvalue weighted by atomic mass is 9.92. The van der Waals surface area contributed by atoms with Crippen molar-refractivity contribution in [3.05, 3.63) is 47.9 Å². The van der Waals surface area contributed by atoms with Crippen LogP contribution < -0.4 is 15.8 Å². The highest BCUT2D eigenvalue weighted by Gasteiger charge is 2.23. The number of carbonyl (C=O) groups is 1. The number of nitrogens with one attached hydrogen (secondary N) is 3. The minimum absolute atomic E-state index is 0.239. The molecule has 1 aliphatic carbocycles. The van der Waals surface area contributed by atoms with Crippen LogP contribution in [0.2, 0.25) is 0 Å². The Kier molecular flexibility index (Phi) is 5.44. The Hall–Kier alpha value is -2.98. The maximum atomic E-state index is 13.2. The van der Waals surface area contributed by atoms with Gasteiger partial charge in [0.05, 0.1) is 17.2 Å². The van der Waals surface area contributed by atoms with Crippen molar-refractivity contribution in [2.45, 2.75) is 37.8 Å². The first-order valence-corrected chi connectivity index (χ1v) is 11.7. The molecule has 0 saturated heterocycles. The largest absolute Gasteiger partial charge is 0.367 e. The van der Waals surface area contributed by atoms with Crippen molar-refractivity contribution in [2.24, 2.45) is 5.73 Å². The van der Waals surface area contributed by atoms with Crippen LogP contribution in [0.3, 0.4) is 0 Å². The first-order valence-electron chi connectivity index (χ1n) is 9.77. The van der Waals surface area contributed by atoms with Crippen LogP contribution in [-0.2, 0) is 10.0 Å². The molecule has 0 spiro atoms. The molecule has 1 aromatic carbocycles.